The number of aliphatic hydroxyl groups is 1. The number of halogens is 3. The van der Waals surface area contributed by atoms with Crippen molar-refractivity contribution >= 4 is 17.6 Å². The van der Waals surface area contributed by atoms with E-state index in [1.165, 1.54) is 12.1 Å². The van der Waals surface area contributed by atoms with E-state index in [0.29, 0.717) is 5.69 Å². The molecule has 0 radical (unpaired) electrons. The zero-order valence-electron chi connectivity index (χ0n) is 17.2. The van der Waals surface area contributed by atoms with Crippen molar-refractivity contribution in [1.29, 1.82) is 0 Å². The number of carbonyl (C=O) groups excluding carboxylic acids is 2. The van der Waals surface area contributed by atoms with Crippen LogP contribution in [-0.4, -0.2) is 49.1 Å². The Morgan fingerprint density at radius 3 is 2.45 bits per heavy atom. The van der Waals surface area contributed by atoms with Crippen LogP contribution in [0.4, 0.5) is 23.7 Å². The summed E-state index contributed by atoms with van der Waals surface area (Å²) in [5.41, 5.74) is 0.505. The molecule has 0 aliphatic carbocycles. The minimum atomic E-state index is -4.51. The van der Waals surface area contributed by atoms with E-state index in [0.717, 1.165) is 17.7 Å². The van der Waals surface area contributed by atoms with Crippen LogP contribution in [-0.2, 0) is 17.5 Å². The second kappa shape index (κ2) is 10.8. The van der Waals surface area contributed by atoms with Crippen LogP contribution in [0.3, 0.4) is 0 Å². The average Bonchev–Trinajstić information content (AvgIpc) is 2.69. The van der Waals surface area contributed by atoms with Gasteiger partial charge >= 0.3 is 12.2 Å². The van der Waals surface area contributed by atoms with Gasteiger partial charge in [0.05, 0.1) is 18.2 Å². The van der Waals surface area contributed by atoms with Crippen LogP contribution in [0.15, 0.2) is 48.5 Å². The maximum Gasteiger partial charge on any atom is 0.416 e. The molecule has 0 heterocycles. The first-order chi connectivity index (χ1) is 14.5. The number of hydrogen-bond donors (Lipinski definition) is 4. The van der Waals surface area contributed by atoms with E-state index >= 15 is 0 Å². The molecular formula is C21H25F3N4O3. The number of hydrogen-bond acceptors (Lipinski definition) is 4. The van der Waals surface area contributed by atoms with Gasteiger partial charge in [0.25, 0.3) is 0 Å². The minimum absolute atomic E-state index is 0.0521. The summed E-state index contributed by atoms with van der Waals surface area (Å²) in [6.07, 6.45) is -5.80. The highest BCUT2D eigenvalue weighted by molar-refractivity contribution is 5.92. The lowest BCUT2D eigenvalue weighted by atomic mass is 10.1. The van der Waals surface area contributed by atoms with E-state index in [2.05, 4.69) is 16.0 Å². The summed E-state index contributed by atoms with van der Waals surface area (Å²) in [6.45, 7) is 0.135. The molecule has 0 saturated carbocycles. The Hall–Kier alpha value is -3.11. The number of benzene rings is 2. The zero-order chi connectivity index (χ0) is 23.0. The Labute approximate surface area is 178 Å². The Balaban J connectivity index is 1.83. The standard InChI is InChI=1S/C21H25F3N4O3/c1-28(2)13-19(30)27-17-8-3-5-14(9-17)11-25-20(31)26-12-18(29)15-6-4-7-16(10-15)21(22,23)24/h3-10,18,29H,11-13H2,1-2H3,(H,27,30)(H2,25,26,31). The molecule has 0 bridgehead atoms. The van der Waals surface area contributed by atoms with Crippen LogP contribution in [0.2, 0.25) is 0 Å². The van der Waals surface area contributed by atoms with E-state index in [1.54, 1.807) is 43.3 Å². The molecule has 0 fully saturated rings. The smallest absolute Gasteiger partial charge is 0.387 e. The molecule has 1 unspecified atom stereocenters. The summed E-state index contributed by atoms with van der Waals surface area (Å²) in [5, 5.41) is 17.8. The third-order valence-electron chi connectivity index (χ3n) is 4.18. The van der Waals surface area contributed by atoms with Gasteiger partial charge in [-0.15, -0.1) is 0 Å². The SMILES string of the molecule is CN(C)CC(=O)Nc1cccc(CNC(=O)NCC(O)c2cccc(C(F)(F)F)c2)c1. The number of carbonyl (C=O) groups is 2. The van der Waals surface area contributed by atoms with E-state index in [4.69, 9.17) is 0 Å². The fourth-order valence-electron chi connectivity index (χ4n) is 2.72. The van der Waals surface area contributed by atoms with Crippen LogP contribution in [0, 0.1) is 0 Å². The molecule has 168 valence electrons. The lowest BCUT2D eigenvalue weighted by Gasteiger charge is -2.15. The van der Waals surface area contributed by atoms with E-state index in [1.807, 2.05) is 0 Å². The highest BCUT2D eigenvalue weighted by Crippen LogP contribution is 2.30. The van der Waals surface area contributed by atoms with Crippen molar-refractivity contribution in [3.05, 3.63) is 65.2 Å². The molecule has 0 aromatic heterocycles. The van der Waals surface area contributed by atoms with Gasteiger partial charge in [-0.05, 0) is 49.5 Å². The summed E-state index contributed by atoms with van der Waals surface area (Å²) >= 11 is 0. The van der Waals surface area contributed by atoms with Gasteiger partial charge in [0.1, 0.15) is 0 Å². The predicted octanol–water partition coefficient (Wildman–Crippen LogP) is 2.74. The molecule has 0 saturated heterocycles. The van der Waals surface area contributed by atoms with Crippen LogP contribution in [0.5, 0.6) is 0 Å². The monoisotopic (exact) mass is 438 g/mol. The van der Waals surface area contributed by atoms with Crippen molar-refractivity contribution in [3.63, 3.8) is 0 Å². The summed E-state index contributed by atoms with van der Waals surface area (Å²) in [7, 11) is 3.56. The number of nitrogens with one attached hydrogen (secondary N) is 3. The van der Waals surface area contributed by atoms with Gasteiger partial charge < -0.3 is 26.0 Å². The largest absolute Gasteiger partial charge is 0.416 e. The Kier molecular flexibility index (Phi) is 8.40. The molecule has 31 heavy (non-hydrogen) atoms. The molecular weight excluding hydrogens is 413 g/mol. The van der Waals surface area contributed by atoms with Gasteiger partial charge in [-0.25, -0.2) is 4.79 Å². The second-order valence-electron chi connectivity index (χ2n) is 7.19. The second-order valence-corrected chi connectivity index (χ2v) is 7.19. The third-order valence-corrected chi connectivity index (χ3v) is 4.18. The lowest BCUT2D eigenvalue weighted by Crippen LogP contribution is -2.37. The van der Waals surface area contributed by atoms with Crippen molar-refractivity contribution < 1.29 is 27.9 Å². The van der Waals surface area contributed by atoms with Gasteiger partial charge in [0, 0.05) is 18.8 Å². The summed E-state index contributed by atoms with van der Waals surface area (Å²) < 4.78 is 38.3. The normalized spacial score (nSPS) is 12.4. The van der Waals surface area contributed by atoms with Crippen molar-refractivity contribution in [2.45, 2.75) is 18.8 Å². The number of anilines is 1. The lowest BCUT2D eigenvalue weighted by molar-refractivity contribution is -0.137. The minimum Gasteiger partial charge on any atom is -0.387 e. The molecule has 4 N–H and O–H groups in total. The van der Waals surface area contributed by atoms with Crippen molar-refractivity contribution in [3.8, 4) is 0 Å². The molecule has 3 amide bonds. The Morgan fingerprint density at radius 2 is 1.77 bits per heavy atom. The number of aliphatic hydroxyl groups excluding tert-OH is 1. The molecule has 0 aliphatic heterocycles. The molecule has 0 spiro atoms. The highest BCUT2D eigenvalue weighted by atomic mass is 19.4. The molecule has 2 aromatic carbocycles. The van der Waals surface area contributed by atoms with Gasteiger partial charge in [-0.1, -0.05) is 24.3 Å². The number of rotatable bonds is 8. The van der Waals surface area contributed by atoms with Crippen LogP contribution in [0.1, 0.15) is 22.8 Å². The average molecular weight is 438 g/mol. The van der Waals surface area contributed by atoms with Crippen molar-refractivity contribution in [2.24, 2.45) is 0 Å². The third kappa shape index (κ3) is 8.27. The van der Waals surface area contributed by atoms with Gasteiger partial charge in [-0.3, -0.25) is 4.79 Å². The van der Waals surface area contributed by atoms with Crippen LogP contribution in [0.25, 0.3) is 0 Å². The molecule has 0 aliphatic rings. The molecule has 2 rings (SSSR count). The Bertz CT molecular complexity index is 903. The van der Waals surface area contributed by atoms with Gasteiger partial charge in [0.15, 0.2) is 0 Å². The maximum absolute atomic E-state index is 12.8. The fourth-order valence-corrected chi connectivity index (χ4v) is 2.72. The van der Waals surface area contributed by atoms with Crippen molar-refractivity contribution in [2.75, 3.05) is 32.5 Å². The van der Waals surface area contributed by atoms with Gasteiger partial charge in [-0.2, -0.15) is 13.2 Å². The summed E-state index contributed by atoms with van der Waals surface area (Å²) in [4.78, 5) is 25.5. The molecule has 7 nitrogen and oxygen atoms in total. The predicted molar refractivity (Wildman–Crippen MR) is 110 cm³/mol. The van der Waals surface area contributed by atoms with Crippen molar-refractivity contribution in [1.82, 2.24) is 15.5 Å². The number of urea groups is 1. The number of amides is 3. The summed E-state index contributed by atoms with van der Waals surface area (Å²) in [5.74, 6) is -0.170. The van der Waals surface area contributed by atoms with Crippen LogP contribution < -0.4 is 16.0 Å². The first kappa shape index (κ1) is 24.2. The van der Waals surface area contributed by atoms with E-state index < -0.39 is 23.9 Å². The van der Waals surface area contributed by atoms with Gasteiger partial charge in [0.2, 0.25) is 5.91 Å². The maximum atomic E-state index is 12.8. The Morgan fingerprint density at radius 1 is 1.06 bits per heavy atom. The number of alkyl halides is 3. The van der Waals surface area contributed by atoms with Crippen LogP contribution >= 0.6 is 0 Å². The summed E-state index contributed by atoms with van der Waals surface area (Å²) in [6, 6.07) is 10.7. The molecule has 2 aromatic rings. The van der Waals surface area contributed by atoms with E-state index in [-0.39, 0.29) is 31.1 Å². The van der Waals surface area contributed by atoms with E-state index in [9.17, 15) is 27.9 Å². The topological polar surface area (TPSA) is 93.7 Å². The quantitative estimate of drug-likeness (QED) is 0.510. The molecule has 1 atom stereocenters. The first-order valence-electron chi connectivity index (χ1n) is 9.45. The number of nitrogens with zero attached hydrogens (tertiary/aromatic N) is 1. The highest BCUT2D eigenvalue weighted by Gasteiger charge is 2.30. The molecule has 10 heteroatoms. The first-order valence-corrected chi connectivity index (χ1v) is 9.45. The fraction of sp³-hybridized carbons (Fsp3) is 0.333. The zero-order valence-corrected chi connectivity index (χ0v) is 17.2. The number of likely N-dealkylation sites (N-methyl/N-ethyl adjacent to an activating group) is 1.